The fourth-order valence-corrected chi connectivity index (χ4v) is 2.39. The van der Waals surface area contributed by atoms with Crippen molar-refractivity contribution in [3.63, 3.8) is 0 Å². The zero-order chi connectivity index (χ0) is 14.5. The molecule has 3 rings (SSSR count). The highest BCUT2D eigenvalue weighted by Gasteiger charge is 2.08. The van der Waals surface area contributed by atoms with Gasteiger partial charge in [0.1, 0.15) is 5.82 Å². The second kappa shape index (κ2) is 6.15. The van der Waals surface area contributed by atoms with Crippen molar-refractivity contribution in [3.05, 3.63) is 65.8 Å². The lowest BCUT2D eigenvalue weighted by Gasteiger charge is -2.02. The van der Waals surface area contributed by atoms with Gasteiger partial charge in [-0.15, -0.1) is 11.3 Å². The number of rotatable bonds is 4. The molecule has 0 aliphatic rings. The standard InChI is InChI=1S/C15H12N4OS/c20-14(11-4-2-1-3-5-11)18-13-10-21-15(19-13)17-12-6-8-16-9-7-12/h1-10H,(H,18,20)(H,16,17,19). The van der Waals surface area contributed by atoms with Crippen molar-refractivity contribution in [2.24, 2.45) is 0 Å². The van der Waals surface area contributed by atoms with Crippen molar-refractivity contribution in [1.29, 1.82) is 0 Å². The number of carbonyl (C=O) groups is 1. The Balaban J connectivity index is 1.67. The number of hydrogen-bond donors (Lipinski definition) is 2. The second-order valence-electron chi connectivity index (χ2n) is 4.22. The van der Waals surface area contributed by atoms with E-state index in [1.54, 1.807) is 29.9 Å². The Morgan fingerprint density at radius 2 is 1.81 bits per heavy atom. The minimum atomic E-state index is -0.170. The van der Waals surface area contributed by atoms with Crippen LogP contribution < -0.4 is 10.6 Å². The molecule has 0 unspecified atom stereocenters. The van der Waals surface area contributed by atoms with E-state index in [2.05, 4.69) is 20.6 Å². The number of thiazole rings is 1. The van der Waals surface area contributed by atoms with Crippen molar-refractivity contribution >= 4 is 33.9 Å². The molecule has 1 amide bonds. The van der Waals surface area contributed by atoms with Crippen LogP contribution in [0.3, 0.4) is 0 Å². The third-order valence-corrected chi connectivity index (χ3v) is 3.47. The van der Waals surface area contributed by atoms with Gasteiger partial charge in [-0.1, -0.05) is 18.2 Å². The average molecular weight is 296 g/mol. The first-order chi connectivity index (χ1) is 10.3. The number of nitrogens with one attached hydrogen (secondary N) is 2. The van der Waals surface area contributed by atoms with Gasteiger partial charge >= 0.3 is 0 Å². The molecule has 2 aromatic heterocycles. The molecule has 1 aromatic carbocycles. The molecule has 0 aliphatic carbocycles. The molecule has 5 nitrogen and oxygen atoms in total. The van der Waals surface area contributed by atoms with Crippen molar-refractivity contribution in [3.8, 4) is 0 Å². The predicted molar refractivity (Wildman–Crippen MR) is 84.0 cm³/mol. The number of nitrogens with zero attached hydrogens (tertiary/aromatic N) is 2. The summed E-state index contributed by atoms with van der Waals surface area (Å²) in [5, 5.41) is 8.43. The summed E-state index contributed by atoms with van der Waals surface area (Å²) in [6.45, 7) is 0. The highest BCUT2D eigenvalue weighted by Crippen LogP contribution is 2.23. The van der Waals surface area contributed by atoms with Gasteiger partial charge in [-0.05, 0) is 24.3 Å². The van der Waals surface area contributed by atoms with Gasteiger partial charge in [0.15, 0.2) is 5.13 Å². The van der Waals surface area contributed by atoms with Gasteiger partial charge in [0, 0.05) is 29.0 Å². The highest BCUT2D eigenvalue weighted by atomic mass is 32.1. The Hall–Kier alpha value is -2.73. The number of pyridine rings is 1. The zero-order valence-corrected chi connectivity index (χ0v) is 11.8. The molecular formula is C15H12N4OS. The number of amides is 1. The quantitative estimate of drug-likeness (QED) is 0.773. The van der Waals surface area contributed by atoms with Crippen molar-refractivity contribution in [2.45, 2.75) is 0 Å². The molecule has 0 fully saturated rings. The topological polar surface area (TPSA) is 66.9 Å². The third kappa shape index (κ3) is 3.43. The van der Waals surface area contributed by atoms with Crippen LogP contribution in [0.1, 0.15) is 10.4 Å². The van der Waals surface area contributed by atoms with Crippen LogP contribution in [0.5, 0.6) is 0 Å². The summed E-state index contributed by atoms with van der Waals surface area (Å²) < 4.78 is 0. The molecule has 0 aliphatic heterocycles. The fraction of sp³-hybridized carbons (Fsp3) is 0. The predicted octanol–water partition coefficient (Wildman–Crippen LogP) is 3.53. The molecule has 0 saturated heterocycles. The summed E-state index contributed by atoms with van der Waals surface area (Å²) in [6.07, 6.45) is 3.40. The van der Waals surface area contributed by atoms with E-state index < -0.39 is 0 Å². The number of hydrogen-bond acceptors (Lipinski definition) is 5. The van der Waals surface area contributed by atoms with Crippen LogP contribution in [-0.2, 0) is 0 Å². The number of carbonyl (C=O) groups excluding carboxylic acids is 1. The summed E-state index contributed by atoms with van der Waals surface area (Å²) >= 11 is 1.42. The van der Waals surface area contributed by atoms with E-state index in [1.807, 2.05) is 30.3 Å². The highest BCUT2D eigenvalue weighted by molar-refractivity contribution is 7.14. The first-order valence-corrected chi connectivity index (χ1v) is 7.18. The number of anilines is 3. The Morgan fingerprint density at radius 1 is 1.05 bits per heavy atom. The molecular weight excluding hydrogens is 284 g/mol. The summed E-state index contributed by atoms with van der Waals surface area (Å²) in [5.74, 6) is 0.363. The molecule has 21 heavy (non-hydrogen) atoms. The van der Waals surface area contributed by atoms with Gasteiger partial charge in [0.2, 0.25) is 0 Å². The van der Waals surface area contributed by atoms with E-state index in [0.29, 0.717) is 16.5 Å². The van der Waals surface area contributed by atoms with Crippen molar-refractivity contribution < 1.29 is 4.79 Å². The minimum absolute atomic E-state index is 0.170. The van der Waals surface area contributed by atoms with E-state index in [-0.39, 0.29) is 5.91 Å². The van der Waals surface area contributed by atoms with Crippen LogP contribution in [0.2, 0.25) is 0 Å². The maximum atomic E-state index is 12.0. The fourth-order valence-electron chi connectivity index (χ4n) is 1.73. The molecule has 6 heteroatoms. The molecule has 0 radical (unpaired) electrons. The van der Waals surface area contributed by atoms with Gasteiger partial charge in [-0.3, -0.25) is 9.78 Å². The van der Waals surface area contributed by atoms with E-state index in [1.165, 1.54) is 11.3 Å². The first-order valence-electron chi connectivity index (χ1n) is 6.30. The Bertz CT molecular complexity index is 728. The largest absolute Gasteiger partial charge is 0.331 e. The molecule has 2 N–H and O–H groups in total. The molecule has 2 heterocycles. The average Bonchev–Trinajstić information content (AvgIpc) is 2.96. The zero-order valence-electron chi connectivity index (χ0n) is 11.0. The van der Waals surface area contributed by atoms with E-state index in [9.17, 15) is 4.79 Å². The molecule has 0 bridgehead atoms. The summed E-state index contributed by atoms with van der Waals surface area (Å²) in [7, 11) is 0. The normalized spacial score (nSPS) is 10.1. The molecule has 104 valence electrons. The third-order valence-electron chi connectivity index (χ3n) is 2.71. The van der Waals surface area contributed by atoms with Crippen LogP contribution in [0.4, 0.5) is 16.6 Å². The van der Waals surface area contributed by atoms with Crippen LogP contribution >= 0.6 is 11.3 Å². The Kier molecular flexibility index (Phi) is 3.88. The monoisotopic (exact) mass is 296 g/mol. The number of aromatic nitrogens is 2. The SMILES string of the molecule is O=C(Nc1csc(Nc2ccncc2)n1)c1ccccc1. The molecule has 0 spiro atoms. The van der Waals surface area contributed by atoms with Crippen LogP contribution in [-0.4, -0.2) is 15.9 Å². The maximum Gasteiger partial charge on any atom is 0.256 e. The van der Waals surface area contributed by atoms with Gasteiger partial charge in [-0.2, -0.15) is 0 Å². The Labute approximate surface area is 125 Å². The summed E-state index contributed by atoms with van der Waals surface area (Å²) in [4.78, 5) is 20.3. The lowest BCUT2D eigenvalue weighted by molar-refractivity contribution is 0.102. The Morgan fingerprint density at radius 3 is 2.57 bits per heavy atom. The molecule has 0 saturated carbocycles. The first kappa shape index (κ1) is 13.3. The lowest BCUT2D eigenvalue weighted by Crippen LogP contribution is -2.11. The van der Waals surface area contributed by atoms with E-state index in [4.69, 9.17) is 0 Å². The van der Waals surface area contributed by atoms with Crippen LogP contribution in [0.15, 0.2) is 60.2 Å². The van der Waals surface area contributed by atoms with Gasteiger partial charge in [0.25, 0.3) is 5.91 Å². The summed E-state index contributed by atoms with van der Waals surface area (Å²) in [5.41, 5.74) is 1.51. The van der Waals surface area contributed by atoms with E-state index >= 15 is 0 Å². The smallest absolute Gasteiger partial charge is 0.256 e. The summed E-state index contributed by atoms with van der Waals surface area (Å²) in [6, 6.07) is 12.7. The molecule has 3 aromatic rings. The van der Waals surface area contributed by atoms with Gasteiger partial charge < -0.3 is 10.6 Å². The number of benzene rings is 1. The van der Waals surface area contributed by atoms with Crippen molar-refractivity contribution in [1.82, 2.24) is 9.97 Å². The van der Waals surface area contributed by atoms with E-state index in [0.717, 1.165) is 5.69 Å². The van der Waals surface area contributed by atoms with Crippen LogP contribution in [0.25, 0.3) is 0 Å². The van der Waals surface area contributed by atoms with Crippen LogP contribution in [0, 0.1) is 0 Å². The second-order valence-corrected chi connectivity index (χ2v) is 5.08. The van der Waals surface area contributed by atoms with Crippen molar-refractivity contribution in [2.75, 3.05) is 10.6 Å². The van der Waals surface area contributed by atoms with Gasteiger partial charge in [-0.25, -0.2) is 4.98 Å². The minimum Gasteiger partial charge on any atom is -0.331 e. The van der Waals surface area contributed by atoms with Gasteiger partial charge in [0.05, 0.1) is 0 Å². The maximum absolute atomic E-state index is 12.0. The molecule has 0 atom stereocenters. The lowest BCUT2D eigenvalue weighted by atomic mass is 10.2.